The normalized spacial score (nSPS) is 11.6. The van der Waals surface area contributed by atoms with Crippen molar-refractivity contribution in [3.8, 4) is 0 Å². The van der Waals surface area contributed by atoms with E-state index in [-0.39, 0.29) is 12.2 Å². The van der Waals surface area contributed by atoms with Crippen LogP contribution in [-0.4, -0.2) is 15.3 Å². The Morgan fingerprint density at radius 1 is 1.36 bits per heavy atom. The first kappa shape index (κ1) is 16.9. The Kier molecular flexibility index (Phi) is 5.52. The summed E-state index contributed by atoms with van der Waals surface area (Å²) in [5.74, 6) is -0.394. The predicted octanol–water partition coefficient (Wildman–Crippen LogP) is 3.89. The molecule has 0 aliphatic rings. The Hall–Kier alpha value is -1.48. The van der Waals surface area contributed by atoms with E-state index in [1.54, 1.807) is 0 Å². The topological polar surface area (TPSA) is 54.9 Å². The van der Waals surface area contributed by atoms with Gasteiger partial charge in [0.15, 0.2) is 5.01 Å². The molecule has 0 aromatic carbocycles. The first-order valence-corrected chi connectivity index (χ1v) is 8.31. The van der Waals surface area contributed by atoms with Crippen molar-refractivity contribution in [2.75, 3.05) is 0 Å². The highest BCUT2D eigenvalue weighted by molar-refractivity contribution is 7.11. The average molecular weight is 349 g/mol. The van der Waals surface area contributed by atoms with Gasteiger partial charge in [-0.3, -0.25) is 4.79 Å². The summed E-state index contributed by atoms with van der Waals surface area (Å²) in [6.07, 6.45) is -1.53. The third-order valence-corrected chi connectivity index (χ3v) is 4.56. The lowest BCUT2D eigenvalue weighted by atomic mass is 10.2. The Labute approximate surface area is 133 Å². The first-order chi connectivity index (χ1) is 10.4. The molecule has 0 saturated heterocycles. The van der Waals surface area contributed by atoms with Gasteiger partial charge in [-0.1, -0.05) is 13.3 Å². The van der Waals surface area contributed by atoms with Crippen molar-refractivity contribution in [2.45, 2.75) is 38.9 Å². The zero-order chi connectivity index (χ0) is 16.2. The van der Waals surface area contributed by atoms with Crippen LogP contribution in [0.1, 0.15) is 45.8 Å². The summed E-state index contributed by atoms with van der Waals surface area (Å²) in [7, 11) is 0. The van der Waals surface area contributed by atoms with Crippen molar-refractivity contribution in [1.29, 1.82) is 0 Å². The van der Waals surface area contributed by atoms with E-state index in [1.165, 1.54) is 11.3 Å². The molecule has 2 heterocycles. The number of aryl methyl sites for hydroxylation is 1. The van der Waals surface area contributed by atoms with Crippen molar-refractivity contribution in [3.05, 3.63) is 32.7 Å². The predicted molar refractivity (Wildman–Crippen MR) is 79.0 cm³/mol. The average Bonchev–Trinajstić information content (AvgIpc) is 3.11. The van der Waals surface area contributed by atoms with E-state index >= 15 is 0 Å². The highest BCUT2D eigenvalue weighted by Crippen LogP contribution is 2.32. The summed E-state index contributed by atoms with van der Waals surface area (Å²) in [4.78, 5) is 15.3. The van der Waals surface area contributed by atoms with Gasteiger partial charge in [0.2, 0.25) is 0 Å². The molecule has 0 fully saturated rings. The van der Waals surface area contributed by atoms with E-state index < -0.39 is 17.0 Å². The van der Waals surface area contributed by atoms with Gasteiger partial charge in [-0.15, -0.1) is 11.3 Å². The fourth-order valence-corrected chi connectivity index (χ4v) is 3.05. The molecule has 1 amide bonds. The summed E-state index contributed by atoms with van der Waals surface area (Å²) >= 11 is 1.61. The molecule has 2 aromatic heterocycles. The number of nitrogens with zero attached hydrogens (tertiary/aromatic N) is 2. The third kappa shape index (κ3) is 4.51. The van der Waals surface area contributed by atoms with Crippen molar-refractivity contribution in [3.63, 3.8) is 0 Å². The van der Waals surface area contributed by atoms with Crippen LogP contribution in [-0.2, 0) is 19.1 Å². The molecular weight excluding hydrogens is 335 g/mol. The molecule has 120 valence electrons. The van der Waals surface area contributed by atoms with Gasteiger partial charge in [0.25, 0.3) is 5.91 Å². The summed E-state index contributed by atoms with van der Waals surface area (Å²) in [6, 6.07) is 0.944. The maximum Gasteiger partial charge on any atom is 0.427 e. The number of amides is 1. The van der Waals surface area contributed by atoms with Crippen LogP contribution in [0.4, 0.5) is 13.2 Å². The molecule has 0 saturated carbocycles. The molecule has 22 heavy (non-hydrogen) atoms. The molecule has 9 heteroatoms. The number of halogens is 3. The maximum atomic E-state index is 12.4. The lowest BCUT2D eigenvalue weighted by Crippen LogP contribution is -2.22. The van der Waals surface area contributed by atoms with Crippen LogP contribution in [0.3, 0.4) is 0 Å². The number of unbranched alkanes of at least 4 members (excludes halogenated alkanes) is 1. The standard InChI is InChI=1S/C13H14F3N3OS2/c1-2-3-4-8-7-21-12(18-8)11(20)17-6-9-5-10(22-19-9)13(14,15)16/h5,7H,2-4,6H2,1H3,(H,17,20). The zero-order valence-electron chi connectivity index (χ0n) is 11.7. The molecule has 4 nitrogen and oxygen atoms in total. The van der Waals surface area contributed by atoms with Gasteiger partial charge in [-0.05, 0) is 30.4 Å². The fraction of sp³-hybridized carbons (Fsp3) is 0.462. The van der Waals surface area contributed by atoms with Crippen LogP contribution in [0.15, 0.2) is 11.4 Å². The number of carbonyl (C=O) groups excluding carboxylic acids is 1. The number of carbonyl (C=O) groups is 1. The number of rotatable bonds is 6. The number of aromatic nitrogens is 2. The van der Waals surface area contributed by atoms with E-state index in [1.807, 2.05) is 5.38 Å². The van der Waals surface area contributed by atoms with Crippen molar-refractivity contribution in [2.24, 2.45) is 0 Å². The summed E-state index contributed by atoms with van der Waals surface area (Å²) in [6.45, 7) is 2.03. The summed E-state index contributed by atoms with van der Waals surface area (Å²) < 4.78 is 41.0. The summed E-state index contributed by atoms with van der Waals surface area (Å²) in [5.41, 5.74) is 1.05. The van der Waals surface area contributed by atoms with Gasteiger partial charge in [-0.2, -0.15) is 17.5 Å². The second-order valence-electron chi connectivity index (χ2n) is 4.61. The molecule has 1 N–H and O–H groups in total. The molecule has 0 radical (unpaired) electrons. The first-order valence-electron chi connectivity index (χ1n) is 6.65. The minimum Gasteiger partial charge on any atom is -0.344 e. The highest BCUT2D eigenvalue weighted by Gasteiger charge is 2.33. The van der Waals surface area contributed by atoms with Gasteiger partial charge in [0, 0.05) is 5.38 Å². The molecule has 0 bridgehead atoms. The summed E-state index contributed by atoms with van der Waals surface area (Å²) in [5, 5.41) is 4.68. The number of hydrogen-bond donors (Lipinski definition) is 1. The Balaban J connectivity index is 1.89. The number of nitrogens with one attached hydrogen (secondary N) is 1. The molecule has 0 aliphatic heterocycles. The Morgan fingerprint density at radius 3 is 2.77 bits per heavy atom. The molecule has 0 spiro atoms. The molecular formula is C13H14F3N3OS2. The third-order valence-electron chi connectivity index (χ3n) is 2.80. The van der Waals surface area contributed by atoms with Crippen LogP contribution in [0.2, 0.25) is 0 Å². The smallest absolute Gasteiger partial charge is 0.344 e. The van der Waals surface area contributed by atoms with Crippen LogP contribution < -0.4 is 5.32 Å². The number of thiazole rings is 1. The molecule has 0 atom stereocenters. The second kappa shape index (κ2) is 7.19. The van der Waals surface area contributed by atoms with Gasteiger partial charge >= 0.3 is 6.18 Å². The minimum atomic E-state index is -4.40. The van der Waals surface area contributed by atoms with E-state index in [4.69, 9.17) is 0 Å². The van der Waals surface area contributed by atoms with Crippen molar-refractivity contribution < 1.29 is 18.0 Å². The zero-order valence-corrected chi connectivity index (χ0v) is 13.4. The quantitative estimate of drug-likeness (QED) is 0.861. The SMILES string of the molecule is CCCCc1csc(C(=O)NCc2cc(C(F)(F)F)sn2)n1. The van der Waals surface area contributed by atoms with Gasteiger partial charge < -0.3 is 5.32 Å². The van der Waals surface area contributed by atoms with Crippen LogP contribution in [0, 0.1) is 0 Å². The largest absolute Gasteiger partial charge is 0.427 e. The molecule has 2 rings (SSSR count). The minimum absolute atomic E-state index is 0.0463. The Bertz CT molecular complexity index is 637. The van der Waals surface area contributed by atoms with Crippen molar-refractivity contribution in [1.82, 2.24) is 14.7 Å². The lowest BCUT2D eigenvalue weighted by molar-refractivity contribution is -0.134. The van der Waals surface area contributed by atoms with Crippen LogP contribution in [0.5, 0.6) is 0 Å². The number of alkyl halides is 3. The second-order valence-corrected chi connectivity index (χ2v) is 6.27. The molecule has 0 unspecified atom stereocenters. The van der Waals surface area contributed by atoms with E-state index in [2.05, 4.69) is 21.6 Å². The van der Waals surface area contributed by atoms with E-state index in [9.17, 15) is 18.0 Å². The van der Waals surface area contributed by atoms with Gasteiger partial charge in [-0.25, -0.2) is 4.98 Å². The van der Waals surface area contributed by atoms with Gasteiger partial charge in [0.05, 0.1) is 17.9 Å². The van der Waals surface area contributed by atoms with Crippen LogP contribution >= 0.6 is 22.9 Å². The van der Waals surface area contributed by atoms with Crippen molar-refractivity contribution >= 4 is 28.8 Å². The fourth-order valence-electron chi connectivity index (χ4n) is 1.66. The van der Waals surface area contributed by atoms with E-state index in [0.29, 0.717) is 16.5 Å². The lowest BCUT2D eigenvalue weighted by Gasteiger charge is -2.00. The van der Waals surface area contributed by atoms with Gasteiger partial charge in [0.1, 0.15) is 4.88 Å². The number of hydrogen-bond acceptors (Lipinski definition) is 5. The molecule has 2 aromatic rings. The van der Waals surface area contributed by atoms with Crippen LogP contribution in [0.25, 0.3) is 0 Å². The molecule has 0 aliphatic carbocycles. The van der Waals surface area contributed by atoms with E-state index in [0.717, 1.165) is 31.0 Å². The Morgan fingerprint density at radius 2 is 2.14 bits per heavy atom. The monoisotopic (exact) mass is 349 g/mol. The highest BCUT2D eigenvalue weighted by atomic mass is 32.1. The maximum absolute atomic E-state index is 12.4.